The molecule has 0 atom stereocenters. The number of rotatable bonds is 6. The molecule has 1 aliphatic heterocycles. The summed E-state index contributed by atoms with van der Waals surface area (Å²) in [6, 6.07) is 6.22. The molecule has 168 valence electrons. The highest BCUT2D eigenvalue weighted by Crippen LogP contribution is 2.51. The lowest BCUT2D eigenvalue weighted by atomic mass is 9.80. The van der Waals surface area contributed by atoms with Crippen molar-refractivity contribution in [1.29, 1.82) is 0 Å². The van der Waals surface area contributed by atoms with Crippen LogP contribution in [0.4, 0.5) is 40.8 Å². The van der Waals surface area contributed by atoms with Gasteiger partial charge in [0, 0.05) is 5.69 Å². The van der Waals surface area contributed by atoms with Gasteiger partial charge in [-0.05, 0) is 24.5 Å². The Hall–Kier alpha value is -1.96. The van der Waals surface area contributed by atoms with Crippen molar-refractivity contribution in [2.75, 3.05) is 5.32 Å². The van der Waals surface area contributed by atoms with Gasteiger partial charge in [0.2, 0.25) is 0 Å². The number of ether oxygens (including phenoxy) is 1. The number of sulfonamides is 1. The highest BCUT2D eigenvalue weighted by molar-refractivity contribution is 7.91. The van der Waals surface area contributed by atoms with Gasteiger partial charge in [0.1, 0.15) is 5.84 Å². The number of nitrogens with one attached hydrogen (secondary N) is 1. The minimum absolute atomic E-state index is 0.271. The van der Waals surface area contributed by atoms with Crippen molar-refractivity contribution in [1.82, 2.24) is 0 Å². The minimum Gasteiger partial charge on any atom is -0.342 e. The van der Waals surface area contributed by atoms with E-state index < -0.39 is 45.2 Å². The third-order valence-electron chi connectivity index (χ3n) is 5.00. The highest BCUT2D eigenvalue weighted by atomic mass is 32.2. The summed E-state index contributed by atoms with van der Waals surface area (Å²) in [6.07, 6.45) is -15.8. The Morgan fingerprint density at radius 1 is 1.03 bits per heavy atom. The van der Waals surface area contributed by atoms with Crippen molar-refractivity contribution in [2.45, 2.75) is 55.0 Å². The van der Waals surface area contributed by atoms with Gasteiger partial charge in [0.15, 0.2) is 0 Å². The van der Waals surface area contributed by atoms with Crippen LogP contribution in [-0.4, -0.2) is 38.2 Å². The molecular weight excluding hydrogens is 452 g/mol. The van der Waals surface area contributed by atoms with E-state index in [-0.39, 0.29) is 12.8 Å². The molecule has 0 bridgehead atoms. The normalized spacial score (nSPS) is 20.8. The van der Waals surface area contributed by atoms with Crippen molar-refractivity contribution < 1.29 is 48.3 Å². The topological polar surface area (TPSA) is 67.8 Å². The van der Waals surface area contributed by atoms with Crippen LogP contribution in [0.15, 0.2) is 28.7 Å². The van der Waals surface area contributed by atoms with Gasteiger partial charge >= 0.3 is 33.9 Å². The molecule has 0 saturated heterocycles. The molecule has 1 heterocycles. The van der Waals surface area contributed by atoms with Gasteiger partial charge in [-0.25, -0.2) is 13.5 Å². The predicted molar refractivity (Wildman–Crippen MR) is 88.5 cm³/mol. The molecule has 2 aliphatic rings. The van der Waals surface area contributed by atoms with Crippen molar-refractivity contribution >= 4 is 21.5 Å². The van der Waals surface area contributed by atoms with E-state index in [1.165, 1.54) is 6.07 Å². The lowest BCUT2D eigenvalue weighted by Crippen LogP contribution is -2.53. The van der Waals surface area contributed by atoms with Gasteiger partial charge in [-0.3, -0.25) is 0 Å². The van der Waals surface area contributed by atoms with Gasteiger partial charge < -0.3 is 5.32 Å². The maximum Gasteiger partial charge on any atom is 0.455 e. The van der Waals surface area contributed by atoms with Crippen LogP contribution in [0.1, 0.15) is 31.2 Å². The van der Waals surface area contributed by atoms with E-state index in [0.717, 1.165) is 0 Å². The molecule has 5 nitrogen and oxygen atoms in total. The van der Waals surface area contributed by atoms with Crippen LogP contribution in [0, 0.1) is 0 Å². The van der Waals surface area contributed by atoms with Crippen LogP contribution in [-0.2, 0) is 20.2 Å². The number of para-hydroxylation sites is 1. The van der Waals surface area contributed by atoms with Gasteiger partial charge in [-0.2, -0.15) is 34.8 Å². The summed E-state index contributed by atoms with van der Waals surface area (Å²) < 4.78 is 134. The van der Waals surface area contributed by atoms with Crippen molar-refractivity contribution in [3.05, 3.63) is 29.8 Å². The van der Waals surface area contributed by atoms with E-state index in [9.17, 15) is 43.5 Å². The van der Waals surface area contributed by atoms with Gasteiger partial charge in [-0.1, -0.05) is 31.0 Å². The number of benzene rings is 1. The van der Waals surface area contributed by atoms with E-state index in [2.05, 4.69) is 14.5 Å². The molecule has 1 aliphatic carbocycles. The Morgan fingerprint density at radius 2 is 1.60 bits per heavy atom. The van der Waals surface area contributed by atoms with Crippen LogP contribution >= 0.6 is 0 Å². The summed E-state index contributed by atoms with van der Waals surface area (Å²) in [5, 5.41) is -3.86. The second-order valence-corrected chi connectivity index (χ2v) is 8.52. The van der Waals surface area contributed by atoms with Crippen molar-refractivity contribution in [3.8, 4) is 0 Å². The number of halogens is 8. The Morgan fingerprint density at radius 3 is 2.17 bits per heavy atom. The molecule has 1 spiro atoms. The minimum atomic E-state index is -6.54. The molecule has 1 aromatic rings. The third-order valence-corrected chi connectivity index (χ3v) is 6.31. The van der Waals surface area contributed by atoms with Crippen molar-refractivity contribution in [3.63, 3.8) is 0 Å². The molecule has 1 aromatic carbocycles. The molecule has 0 amide bonds. The number of anilines is 1. The number of fused-ring (bicyclic) bond motifs is 2. The molecule has 3 rings (SSSR count). The third kappa shape index (κ3) is 3.43. The first-order chi connectivity index (χ1) is 13.7. The molecule has 14 heteroatoms. The van der Waals surface area contributed by atoms with E-state index in [1.807, 2.05) is 0 Å². The fourth-order valence-electron chi connectivity index (χ4n) is 3.58. The summed E-state index contributed by atoms with van der Waals surface area (Å²) in [5.41, 5.74) is -0.320. The lowest BCUT2D eigenvalue weighted by Gasteiger charge is -2.28. The van der Waals surface area contributed by atoms with Gasteiger partial charge in [0.05, 0.1) is 5.41 Å². The van der Waals surface area contributed by atoms with E-state index in [1.54, 1.807) is 18.2 Å². The average molecular weight is 466 g/mol. The smallest absolute Gasteiger partial charge is 0.342 e. The number of hydrogen-bond acceptors (Lipinski definition) is 3. The Bertz CT molecular complexity index is 959. The first-order valence-corrected chi connectivity index (χ1v) is 9.94. The Labute approximate surface area is 165 Å². The summed E-state index contributed by atoms with van der Waals surface area (Å²) >= 11 is 0. The van der Waals surface area contributed by atoms with Crippen LogP contribution < -0.4 is 5.32 Å². The number of alkyl halides is 8. The molecule has 1 saturated carbocycles. The molecule has 0 aromatic heterocycles. The maximum atomic E-state index is 14.1. The van der Waals surface area contributed by atoms with Crippen LogP contribution in [0.2, 0.25) is 0 Å². The second-order valence-electron chi connectivity index (χ2n) is 6.87. The monoisotopic (exact) mass is 466 g/mol. The Balaban J connectivity index is 2.02. The van der Waals surface area contributed by atoms with E-state index >= 15 is 0 Å². The first-order valence-electron chi connectivity index (χ1n) is 8.50. The quantitative estimate of drug-likeness (QED) is 0.617. The van der Waals surface area contributed by atoms with Crippen LogP contribution in [0.3, 0.4) is 0 Å². The molecule has 30 heavy (non-hydrogen) atoms. The largest absolute Gasteiger partial charge is 0.455 e. The zero-order valence-corrected chi connectivity index (χ0v) is 15.6. The van der Waals surface area contributed by atoms with E-state index in [0.29, 0.717) is 24.1 Å². The SMILES string of the molecule is O=S(=O)(/N=C1\Nc2ccccc2C12CCCC2)C(F)(F)C(F)(F)OC(F)(F)C(F)F. The van der Waals surface area contributed by atoms with Crippen LogP contribution in [0.5, 0.6) is 0 Å². The first kappa shape index (κ1) is 22.7. The fourth-order valence-corrected chi connectivity index (χ4v) is 4.50. The van der Waals surface area contributed by atoms with Gasteiger partial charge in [0.25, 0.3) is 0 Å². The van der Waals surface area contributed by atoms with Crippen LogP contribution in [0.25, 0.3) is 0 Å². The molecular formula is C16H14F8N2O3S. The lowest BCUT2D eigenvalue weighted by molar-refractivity contribution is -0.435. The standard InChI is InChI=1S/C16H14F8N2O3S/c17-11(18)14(19,20)29-15(21,22)16(23,24)30(27,28)26-12-13(7-3-4-8-13)9-5-1-2-6-10(9)25-12/h1-2,5-6,11H,3-4,7-8H2,(H,25,26). The van der Waals surface area contributed by atoms with Crippen molar-refractivity contribution in [2.24, 2.45) is 4.40 Å². The number of amidine groups is 1. The molecule has 0 unspecified atom stereocenters. The summed E-state index contributed by atoms with van der Waals surface area (Å²) in [7, 11) is -6.54. The molecule has 1 fully saturated rings. The summed E-state index contributed by atoms with van der Waals surface area (Å²) in [6.45, 7) is 0. The second kappa shape index (κ2) is 7.04. The zero-order valence-electron chi connectivity index (χ0n) is 14.8. The molecule has 0 radical (unpaired) electrons. The van der Waals surface area contributed by atoms with Gasteiger partial charge in [-0.15, -0.1) is 4.40 Å². The maximum absolute atomic E-state index is 14.1. The number of nitrogens with zero attached hydrogens (tertiary/aromatic N) is 1. The van der Waals surface area contributed by atoms with E-state index in [4.69, 9.17) is 0 Å². The molecule has 1 N–H and O–H groups in total. The average Bonchev–Trinajstić information content (AvgIpc) is 3.21. The zero-order chi connectivity index (χ0) is 22.6. The highest BCUT2D eigenvalue weighted by Gasteiger charge is 2.72. The Kier molecular flexibility index (Phi) is 5.33. The number of hydrogen-bond donors (Lipinski definition) is 1. The summed E-state index contributed by atoms with van der Waals surface area (Å²) in [5.74, 6) is -0.572. The summed E-state index contributed by atoms with van der Waals surface area (Å²) in [4.78, 5) is 0. The fraction of sp³-hybridized carbons (Fsp3) is 0.562. The predicted octanol–water partition coefficient (Wildman–Crippen LogP) is 4.71.